The molecule has 0 aliphatic carbocycles. The number of hydrogen-bond donors (Lipinski definition) is 0. The van der Waals surface area contributed by atoms with Gasteiger partial charge in [0.25, 0.3) is 0 Å². The molecule has 2 heterocycles. The summed E-state index contributed by atoms with van der Waals surface area (Å²) in [6.07, 6.45) is 0. The van der Waals surface area contributed by atoms with E-state index in [0.717, 1.165) is 43.6 Å². The van der Waals surface area contributed by atoms with E-state index in [4.69, 9.17) is 9.97 Å². The molecule has 0 atom stereocenters. The average Bonchev–Trinajstić information content (AvgIpc) is 2.58. The predicted octanol–water partition coefficient (Wildman–Crippen LogP) is 5.09. The number of nitrogens with zero attached hydrogens (tertiary/aromatic N) is 2. The van der Waals surface area contributed by atoms with Crippen LogP contribution in [0.25, 0.3) is 43.6 Å². The Morgan fingerprint density at radius 1 is 0.455 bits per heavy atom. The van der Waals surface area contributed by atoms with Crippen molar-refractivity contribution in [3.63, 3.8) is 0 Å². The molecule has 0 radical (unpaired) electrons. The van der Waals surface area contributed by atoms with Crippen molar-refractivity contribution in [3.05, 3.63) is 72.8 Å². The lowest BCUT2D eigenvalue weighted by Gasteiger charge is -2.07. The average molecular weight is 280 g/mol. The molecule has 2 heteroatoms. The number of fused-ring (bicyclic) bond motifs is 5. The third-order valence-electron chi connectivity index (χ3n) is 4.20. The molecule has 0 aliphatic heterocycles. The van der Waals surface area contributed by atoms with Gasteiger partial charge >= 0.3 is 0 Å². The fourth-order valence-electron chi connectivity index (χ4n) is 3.11. The van der Waals surface area contributed by atoms with Gasteiger partial charge in [0.05, 0.1) is 22.1 Å². The first-order valence-corrected chi connectivity index (χ1v) is 7.36. The molecule has 0 amide bonds. The van der Waals surface area contributed by atoms with Gasteiger partial charge in [0.1, 0.15) is 0 Å². The minimum atomic E-state index is 1.02. The molecule has 5 rings (SSSR count). The third kappa shape index (κ3) is 1.61. The molecule has 0 bridgehead atoms. The van der Waals surface area contributed by atoms with Gasteiger partial charge in [-0.15, -0.1) is 0 Å². The lowest BCUT2D eigenvalue weighted by Crippen LogP contribution is -1.87. The molecule has 0 N–H and O–H groups in total. The first-order valence-electron chi connectivity index (χ1n) is 7.36. The summed E-state index contributed by atoms with van der Waals surface area (Å²) in [5.74, 6) is 0. The van der Waals surface area contributed by atoms with Crippen LogP contribution < -0.4 is 0 Å². The molecule has 102 valence electrons. The Morgan fingerprint density at radius 3 is 1.41 bits per heavy atom. The van der Waals surface area contributed by atoms with Crippen molar-refractivity contribution < 1.29 is 0 Å². The van der Waals surface area contributed by atoms with Gasteiger partial charge in [-0.1, -0.05) is 36.4 Å². The Hall–Kier alpha value is -3.00. The number of hydrogen-bond acceptors (Lipinski definition) is 2. The summed E-state index contributed by atoms with van der Waals surface area (Å²) in [6.45, 7) is 0. The van der Waals surface area contributed by atoms with Crippen LogP contribution in [0.4, 0.5) is 0 Å². The molecule has 22 heavy (non-hydrogen) atoms. The minimum absolute atomic E-state index is 1.02. The normalized spacial score (nSPS) is 11.6. The Morgan fingerprint density at radius 2 is 0.909 bits per heavy atom. The highest BCUT2D eigenvalue weighted by Gasteiger charge is 2.06. The van der Waals surface area contributed by atoms with E-state index < -0.39 is 0 Å². The van der Waals surface area contributed by atoms with Crippen LogP contribution in [-0.4, -0.2) is 9.97 Å². The van der Waals surface area contributed by atoms with E-state index in [9.17, 15) is 0 Å². The van der Waals surface area contributed by atoms with E-state index in [0.29, 0.717) is 0 Å². The highest BCUT2D eigenvalue weighted by molar-refractivity contribution is 6.11. The summed E-state index contributed by atoms with van der Waals surface area (Å²) in [5, 5.41) is 4.65. The van der Waals surface area contributed by atoms with Gasteiger partial charge in [0.15, 0.2) is 0 Å². The lowest BCUT2D eigenvalue weighted by molar-refractivity contribution is 1.48. The van der Waals surface area contributed by atoms with E-state index in [2.05, 4.69) is 60.7 Å². The van der Waals surface area contributed by atoms with Gasteiger partial charge in [0, 0.05) is 21.5 Å². The fraction of sp³-hybridized carbons (Fsp3) is 0. The molecule has 0 unspecified atom stereocenters. The van der Waals surface area contributed by atoms with Crippen molar-refractivity contribution >= 4 is 43.6 Å². The molecular formula is C20H12N2. The summed E-state index contributed by atoms with van der Waals surface area (Å²) in [4.78, 5) is 9.56. The van der Waals surface area contributed by atoms with E-state index in [1.54, 1.807) is 0 Å². The van der Waals surface area contributed by atoms with Crippen molar-refractivity contribution in [3.8, 4) is 0 Å². The van der Waals surface area contributed by atoms with Crippen molar-refractivity contribution in [1.29, 1.82) is 0 Å². The largest absolute Gasteiger partial charge is 0.248 e. The molecule has 3 aromatic carbocycles. The van der Waals surface area contributed by atoms with Crippen LogP contribution in [0, 0.1) is 0 Å². The summed E-state index contributed by atoms with van der Waals surface area (Å²) >= 11 is 0. The highest BCUT2D eigenvalue weighted by atomic mass is 14.7. The Balaban J connectivity index is 2.00. The second-order valence-corrected chi connectivity index (χ2v) is 5.56. The quantitative estimate of drug-likeness (QED) is 0.292. The maximum absolute atomic E-state index is 4.78. The van der Waals surface area contributed by atoms with E-state index in [-0.39, 0.29) is 0 Å². The topological polar surface area (TPSA) is 25.8 Å². The summed E-state index contributed by atoms with van der Waals surface area (Å²) < 4.78 is 0. The maximum atomic E-state index is 4.78. The fourth-order valence-corrected chi connectivity index (χ4v) is 3.11. The van der Waals surface area contributed by atoms with Gasteiger partial charge in [0.2, 0.25) is 0 Å². The van der Waals surface area contributed by atoms with Gasteiger partial charge < -0.3 is 0 Å². The van der Waals surface area contributed by atoms with Gasteiger partial charge in [-0.05, 0) is 36.4 Å². The van der Waals surface area contributed by atoms with Crippen LogP contribution in [0.15, 0.2) is 72.8 Å². The van der Waals surface area contributed by atoms with E-state index in [1.165, 1.54) is 0 Å². The number of pyridine rings is 2. The van der Waals surface area contributed by atoms with Gasteiger partial charge in [-0.2, -0.15) is 0 Å². The number of rotatable bonds is 0. The first kappa shape index (κ1) is 11.6. The van der Waals surface area contributed by atoms with Crippen LogP contribution >= 0.6 is 0 Å². The lowest BCUT2D eigenvalue weighted by atomic mass is 10.0. The Kier molecular flexibility index (Phi) is 2.25. The molecule has 0 saturated heterocycles. The van der Waals surface area contributed by atoms with Crippen molar-refractivity contribution in [2.45, 2.75) is 0 Å². The van der Waals surface area contributed by atoms with Crippen molar-refractivity contribution in [2.75, 3.05) is 0 Å². The maximum Gasteiger partial charge on any atom is 0.0717 e. The molecule has 0 saturated carbocycles. The molecule has 5 aromatic rings. The zero-order valence-corrected chi connectivity index (χ0v) is 11.8. The molecule has 0 aliphatic rings. The first-order chi connectivity index (χ1) is 10.9. The second kappa shape index (κ2) is 4.25. The van der Waals surface area contributed by atoms with Gasteiger partial charge in [-0.3, -0.25) is 0 Å². The smallest absolute Gasteiger partial charge is 0.0717 e. The van der Waals surface area contributed by atoms with Gasteiger partial charge in [-0.25, -0.2) is 9.97 Å². The zero-order valence-electron chi connectivity index (χ0n) is 11.8. The Labute approximate surface area is 127 Å². The number of para-hydroxylation sites is 2. The highest BCUT2D eigenvalue weighted by Crippen LogP contribution is 2.28. The molecule has 0 fully saturated rings. The number of benzene rings is 3. The second-order valence-electron chi connectivity index (χ2n) is 5.56. The SMILES string of the molecule is c1ccc2nc3ccc4nc5ccccc5cc4c3cc2c1. The van der Waals surface area contributed by atoms with Crippen LogP contribution in [0.1, 0.15) is 0 Å². The molecule has 0 spiro atoms. The molecule has 2 nitrogen and oxygen atoms in total. The van der Waals surface area contributed by atoms with Crippen molar-refractivity contribution in [1.82, 2.24) is 9.97 Å². The minimum Gasteiger partial charge on any atom is -0.248 e. The molecule has 2 aromatic heterocycles. The number of aromatic nitrogens is 2. The van der Waals surface area contributed by atoms with Crippen LogP contribution in [0.5, 0.6) is 0 Å². The summed E-state index contributed by atoms with van der Waals surface area (Å²) in [6, 6.07) is 25.0. The van der Waals surface area contributed by atoms with E-state index in [1.807, 2.05) is 12.1 Å². The zero-order chi connectivity index (χ0) is 14.5. The third-order valence-corrected chi connectivity index (χ3v) is 4.20. The van der Waals surface area contributed by atoms with E-state index >= 15 is 0 Å². The van der Waals surface area contributed by atoms with Crippen LogP contribution in [0.2, 0.25) is 0 Å². The summed E-state index contributed by atoms with van der Waals surface area (Å²) in [7, 11) is 0. The predicted molar refractivity (Wildman–Crippen MR) is 92.1 cm³/mol. The Bertz CT molecular complexity index is 1080. The molecular weight excluding hydrogens is 268 g/mol. The van der Waals surface area contributed by atoms with Crippen LogP contribution in [-0.2, 0) is 0 Å². The van der Waals surface area contributed by atoms with Crippen molar-refractivity contribution in [2.24, 2.45) is 0 Å². The summed E-state index contributed by atoms with van der Waals surface area (Å²) in [5.41, 5.74) is 4.10. The monoisotopic (exact) mass is 280 g/mol. The standard InChI is InChI=1S/C20H12N2/c1-3-7-17-13(5-1)11-15-16-12-14-6-2-4-8-18(14)22-20(16)10-9-19(15)21-17/h1-12H. The van der Waals surface area contributed by atoms with Crippen LogP contribution in [0.3, 0.4) is 0 Å².